The Hall–Kier alpha value is -4.98. The van der Waals surface area contributed by atoms with Crippen LogP contribution >= 0.6 is 34.8 Å². The molecule has 2 aromatic rings. The summed E-state index contributed by atoms with van der Waals surface area (Å²) in [6.45, 7) is 11.5. The van der Waals surface area contributed by atoms with E-state index in [4.69, 9.17) is 72.7 Å². The van der Waals surface area contributed by atoms with Gasteiger partial charge in [-0.25, -0.2) is 19.2 Å². The van der Waals surface area contributed by atoms with Crippen LogP contribution in [0.2, 0.25) is 0 Å². The Morgan fingerprint density at radius 1 is 0.884 bits per heavy atom. The summed E-state index contributed by atoms with van der Waals surface area (Å²) in [5.74, 6) is -6.84. The predicted octanol–water partition coefficient (Wildman–Crippen LogP) is 6.36. The Morgan fingerprint density at radius 3 is 2.03 bits per heavy atom. The maximum atomic E-state index is 16.0. The average molecular weight is 1030 g/mol. The Balaban J connectivity index is 1.60. The van der Waals surface area contributed by atoms with Gasteiger partial charge in [0.15, 0.2) is 23.5 Å². The lowest BCUT2D eigenvalue weighted by atomic mass is 9.44. The van der Waals surface area contributed by atoms with Crippen molar-refractivity contribution in [3.63, 3.8) is 0 Å². The first kappa shape index (κ1) is 53.4. The summed E-state index contributed by atoms with van der Waals surface area (Å²) in [6, 6.07) is 13.7. The standard InChI is InChI=1S/C48H56Cl3NO17/c1-24-29(65-40(58)33(52-41(59)69-43(4,5)6)34(55)27-16-12-10-13-17-27)21-47(61)38(67-39(57)28-18-14-11-15-19-28)36-45(9,37(56)35(64-25(2)53)32(24)44(47,7)8)30(66-42(60)63-23-48(49,50)51)20-31-46(36,22-62-31)68-26(3)54/h10-19,29-31,33-36,38,55,61H,20-23H2,1-9H3,(H,52,59)/t29-,30-,31+,33-,34+,35+,36-,38-,45+,46-,47+/m0/s1. The van der Waals surface area contributed by atoms with Crippen LogP contribution in [0.5, 0.6) is 0 Å². The number of carbonyl (C=O) groups excluding carboxylic acids is 7. The van der Waals surface area contributed by atoms with E-state index in [2.05, 4.69) is 5.32 Å². The predicted molar refractivity (Wildman–Crippen MR) is 244 cm³/mol. The van der Waals surface area contributed by atoms with Gasteiger partial charge in [0.05, 0.1) is 23.5 Å². The number of rotatable bonds is 11. The second-order valence-electron chi connectivity index (χ2n) is 19.4. The van der Waals surface area contributed by atoms with Gasteiger partial charge in [-0.1, -0.05) is 97.2 Å². The van der Waals surface area contributed by atoms with Crippen LogP contribution in [0.25, 0.3) is 0 Å². The average Bonchev–Trinajstić information content (AvgIpc) is 3.24. The topological polar surface area (TPSA) is 246 Å². The smallest absolute Gasteiger partial charge is 0.456 e. The van der Waals surface area contributed by atoms with Crippen molar-refractivity contribution in [2.45, 2.75) is 138 Å². The quantitative estimate of drug-likeness (QED) is 0.0959. The number of ketones is 1. The summed E-state index contributed by atoms with van der Waals surface area (Å²) >= 11 is 17.6. The molecule has 3 aliphatic carbocycles. The number of hydrogen-bond acceptors (Lipinski definition) is 17. The van der Waals surface area contributed by atoms with E-state index in [1.807, 2.05) is 0 Å². The highest BCUT2D eigenvalue weighted by Crippen LogP contribution is 2.65. The zero-order valence-electron chi connectivity index (χ0n) is 39.4. The molecular formula is C48H56Cl3NO17. The number of alkyl halides is 3. The first-order valence-corrected chi connectivity index (χ1v) is 23.2. The number of halogens is 3. The van der Waals surface area contributed by atoms with Crippen molar-refractivity contribution in [2.24, 2.45) is 16.7 Å². The number of alkyl carbamates (subject to hydrolysis) is 1. The third-order valence-corrected chi connectivity index (χ3v) is 13.7. The fourth-order valence-electron chi connectivity index (χ4n) is 10.2. The lowest BCUT2D eigenvalue weighted by Crippen LogP contribution is -2.82. The minimum Gasteiger partial charge on any atom is -0.456 e. The summed E-state index contributed by atoms with van der Waals surface area (Å²) in [5.41, 5.74) is -9.43. The van der Waals surface area contributed by atoms with Crippen LogP contribution in [0.1, 0.15) is 97.2 Å². The van der Waals surface area contributed by atoms with Crippen molar-refractivity contribution in [1.82, 2.24) is 5.32 Å². The van der Waals surface area contributed by atoms with Gasteiger partial charge >= 0.3 is 36.1 Å². The number of amides is 1. The summed E-state index contributed by atoms with van der Waals surface area (Å²) < 4.78 is 45.1. The fraction of sp³-hybridized carbons (Fsp3) is 0.562. The van der Waals surface area contributed by atoms with E-state index in [-0.39, 0.29) is 28.7 Å². The first-order valence-electron chi connectivity index (χ1n) is 22.0. The molecule has 6 rings (SSSR count). The van der Waals surface area contributed by atoms with Crippen LogP contribution in [0.3, 0.4) is 0 Å². The Morgan fingerprint density at radius 2 is 1.49 bits per heavy atom. The van der Waals surface area contributed by atoms with Gasteiger partial charge in [-0.05, 0) is 63.5 Å². The molecule has 0 radical (unpaired) electrons. The molecule has 2 aromatic carbocycles. The molecule has 21 heteroatoms. The van der Waals surface area contributed by atoms with Crippen molar-refractivity contribution in [3.05, 3.63) is 82.9 Å². The number of fused-ring (bicyclic) bond motifs is 5. The molecular weight excluding hydrogens is 969 g/mol. The second-order valence-corrected chi connectivity index (χ2v) is 21.9. The van der Waals surface area contributed by atoms with E-state index >= 15 is 4.79 Å². The fourth-order valence-corrected chi connectivity index (χ4v) is 10.4. The van der Waals surface area contributed by atoms with Crippen LogP contribution in [-0.4, -0.2) is 122 Å². The molecule has 1 amide bonds. The van der Waals surface area contributed by atoms with E-state index in [9.17, 15) is 39.0 Å². The molecule has 69 heavy (non-hydrogen) atoms. The first-order chi connectivity index (χ1) is 32.0. The molecule has 0 aromatic heterocycles. The third kappa shape index (κ3) is 10.6. The summed E-state index contributed by atoms with van der Waals surface area (Å²) in [7, 11) is 0. The maximum Gasteiger partial charge on any atom is 0.508 e. The second kappa shape index (κ2) is 19.7. The highest BCUT2D eigenvalue weighted by molar-refractivity contribution is 6.67. The molecule has 18 nitrogen and oxygen atoms in total. The SMILES string of the molecule is CC(=O)O[C@H]1C(=O)[C@]2(C)[C@@H](OC(=O)OCC(Cl)(Cl)Cl)C[C@H]3OC[C@@]3(OC(C)=O)[C@H]2[C@H](OC(=O)c2ccccc2)[C@]2(O)C[C@H](OC(=O)[C@@H](NC(=O)OC(C)(C)C)[C@H](O)c3ccccc3)C(C)=C1C2(C)C. The number of Topliss-reactive ketones (excluding diaryl/α,β-unsaturated/α-hetero) is 1. The van der Waals surface area contributed by atoms with Crippen molar-refractivity contribution < 1.29 is 81.7 Å². The lowest BCUT2D eigenvalue weighted by Gasteiger charge is -2.67. The van der Waals surface area contributed by atoms with Crippen LogP contribution in [0.4, 0.5) is 9.59 Å². The zero-order valence-corrected chi connectivity index (χ0v) is 41.6. The number of aliphatic hydroxyl groups excluding tert-OH is 1. The molecule has 0 spiro atoms. The zero-order chi connectivity index (χ0) is 51.2. The molecule has 1 aliphatic heterocycles. The summed E-state index contributed by atoms with van der Waals surface area (Å²) in [5, 5.41) is 28.0. The largest absolute Gasteiger partial charge is 0.508 e. The van der Waals surface area contributed by atoms with Gasteiger partial charge in [0.25, 0.3) is 0 Å². The molecule has 376 valence electrons. The number of carbonyl (C=O) groups is 7. The number of ether oxygens (including phenoxy) is 8. The van der Waals surface area contributed by atoms with Crippen molar-refractivity contribution in [3.8, 4) is 0 Å². The van der Waals surface area contributed by atoms with E-state index < -0.39 is 142 Å². The van der Waals surface area contributed by atoms with Gasteiger partial charge in [0.2, 0.25) is 3.79 Å². The molecule has 3 N–H and O–H groups in total. The summed E-state index contributed by atoms with van der Waals surface area (Å²) in [4.78, 5) is 98.5. The van der Waals surface area contributed by atoms with Gasteiger partial charge in [-0.15, -0.1) is 0 Å². The monoisotopic (exact) mass is 1020 g/mol. The van der Waals surface area contributed by atoms with E-state index in [0.717, 1.165) is 13.8 Å². The van der Waals surface area contributed by atoms with E-state index in [1.165, 1.54) is 52.0 Å². The highest BCUT2D eigenvalue weighted by Gasteiger charge is 2.79. The number of benzene rings is 2. The van der Waals surface area contributed by atoms with Crippen LogP contribution in [0, 0.1) is 16.7 Å². The number of nitrogens with one attached hydrogen (secondary N) is 1. The van der Waals surface area contributed by atoms with Gasteiger partial charge in [0.1, 0.15) is 48.3 Å². The third-order valence-electron chi connectivity index (χ3n) is 13.4. The summed E-state index contributed by atoms with van der Waals surface area (Å²) in [6.07, 6.45) is -13.7. The van der Waals surface area contributed by atoms with Gasteiger partial charge < -0.3 is 53.4 Å². The molecule has 1 heterocycles. The molecule has 1 saturated heterocycles. The van der Waals surface area contributed by atoms with Gasteiger partial charge in [-0.3, -0.25) is 14.4 Å². The Kier molecular flexibility index (Phi) is 15.2. The van der Waals surface area contributed by atoms with Crippen LogP contribution < -0.4 is 5.32 Å². The number of aliphatic hydroxyl groups is 2. The van der Waals surface area contributed by atoms with Gasteiger partial charge in [-0.2, -0.15) is 0 Å². The van der Waals surface area contributed by atoms with Gasteiger partial charge in [0, 0.05) is 32.1 Å². The van der Waals surface area contributed by atoms with Crippen molar-refractivity contribution in [1.29, 1.82) is 0 Å². The molecule has 2 saturated carbocycles. The number of esters is 4. The highest BCUT2D eigenvalue weighted by atomic mass is 35.6. The van der Waals surface area contributed by atoms with E-state index in [0.29, 0.717) is 0 Å². The molecule has 0 unspecified atom stereocenters. The molecule has 11 atom stereocenters. The molecule has 3 fully saturated rings. The Bertz CT molecular complexity index is 2370. The molecule has 4 aliphatic rings. The van der Waals surface area contributed by atoms with Crippen LogP contribution in [-0.2, 0) is 57.1 Å². The lowest BCUT2D eigenvalue weighted by molar-refractivity contribution is -0.346. The Labute approximate surface area is 413 Å². The number of hydrogen-bond donors (Lipinski definition) is 3. The van der Waals surface area contributed by atoms with E-state index in [1.54, 1.807) is 57.2 Å². The minimum atomic E-state index is -2.54. The normalized spacial score (nSPS) is 30.2. The van der Waals surface area contributed by atoms with Crippen molar-refractivity contribution >= 4 is 76.7 Å². The van der Waals surface area contributed by atoms with Crippen LogP contribution in [0.15, 0.2) is 71.8 Å². The maximum absolute atomic E-state index is 16.0. The van der Waals surface area contributed by atoms with Crippen molar-refractivity contribution in [2.75, 3.05) is 13.2 Å². The minimum absolute atomic E-state index is 0.00897. The molecule has 2 bridgehead atoms.